The minimum absolute atomic E-state index is 0.171. The van der Waals surface area contributed by atoms with E-state index in [4.69, 9.17) is 4.74 Å². The second-order valence-electron chi connectivity index (χ2n) is 9.09. The van der Waals surface area contributed by atoms with E-state index in [1.165, 1.54) is 0 Å². The van der Waals surface area contributed by atoms with Gasteiger partial charge in [-0.15, -0.1) is 0 Å². The van der Waals surface area contributed by atoms with Crippen LogP contribution < -0.4 is 5.32 Å². The van der Waals surface area contributed by atoms with Gasteiger partial charge < -0.3 is 14.7 Å². The zero-order valence-electron chi connectivity index (χ0n) is 18.9. The fourth-order valence-corrected chi connectivity index (χ4v) is 4.05. The quantitative estimate of drug-likeness (QED) is 0.699. The van der Waals surface area contributed by atoms with Gasteiger partial charge in [0.25, 0.3) is 5.91 Å². The number of aryl methyl sites for hydroxylation is 1. The van der Waals surface area contributed by atoms with Crippen LogP contribution in [0.25, 0.3) is 0 Å². The lowest BCUT2D eigenvalue weighted by molar-refractivity contribution is -0.145. The Kier molecular flexibility index (Phi) is 6.87. The first-order valence-corrected chi connectivity index (χ1v) is 10.8. The molecule has 0 unspecified atom stereocenters. The van der Waals surface area contributed by atoms with Crippen molar-refractivity contribution in [1.29, 1.82) is 0 Å². The lowest BCUT2D eigenvalue weighted by Crippen LogP contribution is -2.45. The largest absolute Gasteiger partial charge is 0.481 e. The Morgan fingerprint density at radius 3 is 2.31 bits per heavy atom. The van der Waals surface area contributed by atoms with Crippen molar-refractivity contribution < 1.29 is 24.2 Å². The Balaban J connectivity index is 1.88. The number of piperidine rings is 1. The average molecular weight is 439 g/mol. The summed E-state index contributed by atoms with van der Waals surface area (Å²) in [7, 11) is 0. The molecule has 1 aliphatic heterocycles. The predicted molar refractivity (Wildman–Crippen MR) is 122 cm³/mol. The summed E-state index contributed by atoms with van der Waals surface area (Å²) in [5, 5.41) is 12.5. The summed E-state index contributed by atoms with van der Waals surface area (Å²) in [5.41, 5.74) is 2.06. The zero-order chi connectivity index (χ0) is 23.5. The molecule has 0 aliphatic carbocycles. The van der Waals surface area contributed by atoms with Crippen molar-refractivity contribution in [2.45, 2.75) is 52.2 Å². The van der Waals surface area contributed by atoms with Gasteiger partial charge in [-0.3, -0.25) is 14.9 Å². The van der Waals surface area contributed by atoms with Gasteiger partial charge in [0.05, 0.1) is 12.0 Å². The number of nitrogens with one attached hydrogen (secondary N) is 1. The van der Waals surface area contributed by atoms with E-state index >= 15 is 0 Å². The van der Waals surface area contributed by atoms with Crippen molar-refractivity contribution in [3.8, 4) is 0 Å². The van der Waals surface area contributed by atoms with Gasteiger partial charge in [-0.2, -0.15) is 0 Å². The van der Waals surface area contributed by atoms with Crippen LogP contribution in [-0.4, -0.2) is 40.1 Å². The molecule has 2 amide bonds. The van der Waals surface area contributed by atoms with E-state index in [1.54, 1.807) is 56.0 Å². The molecule has 170 valence electrons. The number of nitrogens with zero attached hydrogens (tertiary/aromatic N) is 1. The Morgan fingerprint density at radius 1 is 1.06 bits per heavy atom. The number of hydrogen-bond donors (Lipinski definition) is 2. The molecule has 7 nitrogen and oxygen atoms in total. The number of ether oxygens (including phenoxy) is 1. The van der Waals surface area contributed by atoms with Gasteiger partial charge in [0.15, 0.2) is 0 Å². The molecule has 2 aromatic carbocycles. The van der Waals surface area contributed by atoms with Gasteiger partial charge in [-0.05, 0) is 69.9 Å². The number of carboxylic acid groups (broad SMARTS) is 1. The van der Waals surface area contributed by atoms with Crippen LogP contribution >= 0.6 is 0 Å². The molecule has 32 heavy (non-hydrogen) atoms. The van der Waals surface area contributed by atoms with Crippen LogP contribution in [0.5, 0.6) is 0 Å². The number of aliphatic carboxylic acids is 1. The number of carboxylic acids is 1. The molecule has 0 saturated carbocycles. The molecule has 2 N–H and O–H groups in total. The van der Waals surface area contributed by atoms with Gasteiger partial charge in [-0.25, -0.2) is 4.79 Å². The summed E-state index contributed by atoms with van der Waals surface area (Å²) in [4.78, 5) is 39.1. The molecule has 7 heteroatoms. The number of rotatable bonds is 4. The molecule has 3 rings (SSSR count). The molecule has 1 heterocycles. The van der Waals surface area contributed by atoms with E-state index in [1.807, 2.05) is 25.1 Å². The third-order valence-corrected chi connectivity index (χ3v) is 5.48. The van der Waals surface area contributed by atoms with Gasteiger partial charge >= 0.3 is 12.1 Å². The monoisotopic (exact) mass is 438 g/mol. The molecule has 2 atom stereocenters. The molecule has 1 aliphatic rings. The summed E-state index contributed by atoms with van der Waals surface area (Å²) in [6.07, 6.45) is 0.557. The molecular weight excluding hydrogens is 408 g/mol. The highest BCUT2D eigenvalue weighted by Crippen LogP contribution is 2.38. The lowest BCUT2D eigenvalue weighted by Gasteiger charge is -2.40. The van der Waals surface area contributed by atoms with Crippen molar-refractivity contribution in [3.63, 3.8) is 0 Å². The number of anilines is 1. The molecule has 1 fully saturated rings. The lowest BCUT2D eigenvalue weighted by atomic mass is 9.84. The first-order chi connectivity index (χ1) is 15.1. The summed E-state index contributed by atoms with van der Waals surface area (Å²) >= 11 is 0. The van der Waals surface area contributed by atoms with Crippen molar-refractivity contribution >= 4 is 23.7 Å². The normalized spacial score (nSPS) is 18.7. The molecule has 0 spiro atoms. The second-order valence-corrected chi connectivity index (χ2v) is 9.09. The van der Waals surface area contributed by atoms with Crippen LogP contribution in [0.2, 0.25) is 0 Å². The summed E-state index contributed by atoms with van der Waals surface area (Å²) in [6, 6.07) is 13.6. The van der Waals surface area contributed by atoms with Crippen molar-refractivity contribution in [2.24, 2.45) is 5.92 Å². The molecule has 0 aromatic heterocycles. The Hall–Kier alpha value is -3.35. The minimum atomic E-state index is -0.923. The number of benzene rings is 2. The van der Waals surface area contributed by atoms with Gasteiger partial charge in [0.1, 0.15) is 5.60 Å². The summed E-state index contributed by atoms with van der Waals surface area (Å²) in [5.74, 6) is -1.80. The maximum absolute atomic E-state index is 13.4. The van der Waals surface area contributed by atoms with Gasteiger partial charge in [0.2, 0.25) is 0 Å². The molecule has 2 aromatic rings. The maximum atomic E-state index is 13.4. The fourth-order valence-electron chi connectivity index (χ4n) is 4.05. The first-order valence-electron chi connectivity index (χ1n) is 10.8. The average Bonchev–Trinajstić information content (AvgIpc) is 2.72. The number of amides is 2. The molecule has 0 radical (unpaired) electrons. The Bertz CT molecular complexity index is 994. The van der Waals surface area contributed by atoms with Gasteiger partial charge in [0, 0.05) is 17.8 Å². The maximum Gasteiger partial charge on any atom is 0.412 e. The third kappa shape index (κ3) is 5.46. The topological polar surface area (TPSA) is 95.9 Å². The van der Waals surface area contributed by atoms with Crippen LogP contribution in [0.4, 0.5) is 10.5 Å². The zero-order valence-corrected chi connectivity index (χ0v) is 18.9. The fraction of sp³-hybridized carbons (Fsp3) is 0.400. The van der Waals surface area contributed by atoms with Crippen molar-refractivity contribution in [3.05, 3.63) is 65.2 Å². The Morgan fingerprint density at radius 2 is 1.72 bits per heavy atom. The van der Waals surface area contributed by atoms with Gasteiger partial charge in [-0.1, -0.05) is 30.3 Å². The van der Waals surface area contributed by atoms with E-state index in [0.29, 0.717) is 36.2 Å². The first kappa shape index (κ1) is 23.3. The molecular formula is C25H30N2O5. The number of carbonyl (C=O) groups excluding carboxylic acids is 2. The van der Waals surface area contributed by atoms with Crippen LogP contribution in [0.1, 0.15) is 61.1 Å². The van der Waals surface area contributed by atoms with E-state index in [0.717, 1.165) is 5.56 Å². The molecule has 1 saturated heterocycles. The highest BCUT2D eigenvalue weighted by molar-refractivity contribution is 5.96. The van der Waals surface area contributed by atoms with E-state index in [-0.39, 0.29) is 5.91 Å². The van der Waals surface area contributed by atoms with E-state index < -0.39 is 29.6 Å². The van der Waals surface area contributed by atoms with Crippen LogP contribution in [0.3, 0.4) is 0 Å². The van der Waals surface area contributed by atoms with Crippen molar-refractivity contribution in [1.82, 2.24) is 4.90 Å². The van der Waals surface area contributed by atoms with Crippen LogP contribution in [0, 0.1) is 12.8 Å². The Labute approximate surface area is 188 Å². The second kappa shape index (κ2) is 9.42. The van der Waals surface area contributed by atoms with E-state index in [9.17, 15) is 19.5 Å². The SMILES string of the molecule is Cc1ccccc1C(=O)N1CCC[C@H](C(=O)O)[C@@H]1c1ccc(NC(=O)OC(C)(C)C)cc1. The number of hydrogen-bond acceptors (Lipinski definition) is 4. The van der Waals surface area contributed by atoms with E-state index in [2.05, 4.69) is 5.32 Å². The number of carbonyl (C=O) groups is 3. The molecule has 0 bridgehead atoms. The minimum Gasteiger partial charge on any atom is -0.481 e. The van der Waals surface area contributed by atoms with Crippen molar-refractivity contribution in [2.75, 3.05) is 11.9 Å². The third-order valence-electron chi connectivity index (χ3n) is 5.48. The summed E-state index contributed by atoms with van der Waals surface area (Å²) < 4.78 is 5.26. The standard InChI is InChI=1S/C25H30N2O5/c1-16-8-5-6-9-19(16)22(28)27-15-7-10-20(23(29)30)21(27)17-11-13-18(14-12-17)26-24(31)32-25(2,3)4/h5-6,8-9,11-14,20-21H,7,10,15H2,1-4H3,(H,26,31)(H,29,30)/t20-,21-/m0/s1. The highest BCUT2D eigenvalue weighted by atomic mass is 16.6. The summed E-state index contributed by atoms with van der Waals surface area (Å²) in [6.45, 7) is 7.71. The van der Waals surface area contributed by atoms with Crippen LogP contribution in [0.15, 0.2) is 48.5 Å². The van der Waals surface area contributed by atoms with Crippen LogP contribution in [-0.2, 0) is 9.53 Å². The number of likely N-dealkylation sites (tertiary alicyclic amines) is 1. The smallest absolute Gasteiger partial charge is 0.412 e. The predicted octanol–water partition coefficient (Wildman–Crippen LogP) is 5.02. The highest BCUT2D eigenvalue weighted by Gasteiger charge is 2.39.